The minimum atomic E-state index is -0.665. The van der Waals surface area contributed by atoms with Crippen LogP contribution in [0.4, 0.5) is 0 Å². The van der Waals surface area contributed by atoms with E-state index in [9.17, 15) is 14.7 Å². The van der Waals surface area contributed by atoms with Crippen molar-refractivity contribution in [1.82, 2.24) is 15.2 Å². The first kappa shape index (κ1) is 22.4. The Morgan fingerprint density at radius 2 is 1.97 bits per heavy atom. The maximum atomic E-state index is 12.9. The summed E-state index contributed by atoms with van der Waals surface area (Å²) < 4.78 is 0. The highest BCUT2D eigenvalue weighted by atomic mass is 32.1. The van der Waals surface area contributed by atoms with E-state index in [4.69, 9.17) is 0 Å². The molecule has 1 unspecified atom stereocenters. The van der Waals surface area contributed by atoms with Crippen molar-refractivity contribution in [1.29, 1.82) is 0 Å². The van der Waals surface area contributed by atoms with Gasteiger partial charge in [-0.3, -0.25) is 9.59 Å². The SMILES string of the molecule is Cc1ncsc1-c1ccc([C@H](C)NC(=O)C2C[C@@H](O)CN2C(=O)CC(C)(C)C)cc1. The molecule has 0 bridgehead atoms. The summed E-state index contributed by atoms with van der Waals surface area (Å²) in [5, 5.41) is 13.1. The summed E-state index contributed by atoms with van der Waals surface area (Å²) in [5.41, 5.74) is 4.77. The van der Waals surface area contributed by atoms with Crippen LogP contribution >= 0.6 is 11.3 Å². The average molecular weight is 430 g/mol. The quantitative estimate of drug-likeness (QED) is 0.759. The van der Waals surface area contributed by atoms with Crippen molar-refractivity contribution in [3.63, 3.8) is 0 Å². The monoisotopic (exact) mass is 429 g/mol. The van der Waals surface area contributed by atoms with Gasteiger partial charge >= 0.3 is 0 Å². The van der Waals surface area contributed by atoms with Crippen molar-refractivity contribution < 1.29 is 14.7 Å². The summed E-state index contributed by atoms with van der Waals surface area (Å²) >= 11 is 1.61. The van der Waals surface area contributed by atoms with E-state index in [1.165, 1.54) is 4.90 Å². The van der Waals surface area contributed by atoms with Crippen LogP contribution in [0.3, 0.4) is 0 Å². The predicted molar refractivity (Wildman–Crippen MR) is 119 cm³/mol. The molecule has 3 atom stereocenters. The average Bonchev–Trinajstić information content (AvgIpc) is 3.26. The van der Waals surface area contributed by atoms with Gasteiger partial charge in [-0.05, 0) is 30.4 Å². The van der Waals surface area contributed by atoms with Crippen LogP contribution in [0.5, 0.6) is 0 Å². The molecule has 0 saturated carbocycles. The minimum absolute atomic E-state index is 0.0869. The zero-order chi connectivity index (χ0) is 22.1. The van der Waals surface area contributed by atoms with Crippen molar-refractivity contribution in [2.45, 2.75) is 65.6 Å². The standard InChI is InChI=1S/C23H31N3O3S/c1-14(16-6-8-17(9-7-16)21-15(2)24-13-30-21)25-22(29)19-10-18(27)12-26(19)20(28)11-23(3,4)5/h6-9,13-14,18-19,27H,10-12H2,1-5H3,(H,25,29)/t14-,18+,19?/m0/s1. The van der Waals surface area contributed by atoms with Gasteiger partial charge in [0.25, 0.3) is 0 Å². The Labute approximate surface area is 182 Å². The third kappa shape index (κ3) is 5.26. The largest absolute Gasteiger partial charge is 0.391 e. The highest BCUT2D eigenvalue weighted by molar-refractivity contribution is 7.13. The topological polar surface area (TPSA) is 82.5 Å². The number of hydrogen-bond acceptors (Lipinski definition) is 5. The van der Waals surface area contributed by atoms with E-state index in [0.717, 1.165) is 21.7 Å². The number of amides is 2. The van der Waals surface area contributed by atoms with Gasteiger partial charge in [0.2, 0.25) is 11.8 Å². The van der Waals surface area contributed by atoms with Gasteiger partial charge in [-0.1, -0.05) is 45.0 Å². The third-order valence-corrected chi connectivity index (χ3v) is 6.34. The van der Waals surface area contributed by atoms with Crippen molar-refractivity contribution in [2.75, 3.05) is 6.54 Å². The Morgan fingerprint density at radius 3 is 2.53 bits per heavy atom. The van der Waals surface area contributed by atoms with Crippen LogP contribution in [0.2, 0.25) is 0 Å². The molecule has 6 nitrogen and oxygen atoms in total. The Balaban J connectivity index is 1.66. The first-order valence-electron chi connectivity index (χ1n) is 10.3. The maximum Gasteiger partial charge on any atom is 0.243 e. The van der Waals surface area contributed by atoms with Crippen LogP contribution in [-0.4, -0.2) is 45.5 Å². The lowest BCUT2D eigenvalue weighted by Gasteiger charge is -2.28. The summed E-state index contributed by atoms with van der Waals surface area (Å²) in [6.45, 7) is 10.1. The second kappa shape index (κ2) is 8.86. The lowest BCUT2D eigenvalue weighted by atomic mass is 9.91. The molecule has 2 aromatic rings. The minimum Gasteiger partial charge on any atom is -0.391 e. The molecule has 0 aliphatic carbocycles. The van der Waals surface area contributed by atoms with Crippen molar-refractivity contribution in [2.24, 2.45) is 5.41 Å². The molecule has 3 rings (SSSR count). The number of aryl methyl sites for hydroxylation is 1. The number of nitrogens with one attached hydrogen (secondary N) is 1. The Kier molecular flexibility index (Phi) is 6.62. The zero-order valence-corrected chi connectivity index (χ0v) is 19.1. The molecule has 162 valence electrons. The molecule has 1 fully saturated rings. The fourth-order valence-electron chi connectivity index (χ4n) is 3.79. The lowest BCUT2D eigenvalue weighted by Crippen LogP contribution is -2.47. The van der Waals surface area contributed by atoms with Crippen LogP contribution in [0.1, 0.15) is 57.8 Å². The predicted octanol–water partition coefficient (Wildman–Crippen LogP) is 3.69. The molecular weight excluding hydrogens is 398 g/mol. The highest BCUT2D eigenvalue weighted by Gasteiger charge is 2.39. The molecule has 2 amide bonds. The number of benzene rings is 1. The molecule has 1 aliphatic heterocycles. The molecule has 1 aliphatic rings. The summed E-state index contributed by atoms with van der Waals surface area (Å²) in [4.78, 5) is 32.6. The number of hydrogen-bond donors (Lipinski definition) is 2. The summed E-state index contributed by atoms with van der Waals surface area (Å²) in [6.07, 6.45) is -0.0443. The second-order valence-electron chi connectivity index (χ2n) is 9.31. The zero-order valence-electron chi connectivity index (χ0n) is 18.3. The first-order chi connectivity index (χ1) is 14.0. The van der Waals surface area contributed by atoms with Crippen LogP contribution in [-0.2, 0) is 9.59 Å². The fraction of sp³-hybridized carbons (Fsp3) is 0.522. The van der Waals surface area contributed by atoms with Gasteiger partial charge in [-0.15, -0.1) is 11.3 Å². The van der Waals surface area contributed by atoms with E-state index in [1.807, 2.05) is 64.4 Å². The number of carbonyl (C=O) groups is 2. The summed E-state index contributed by atoms with van der Waals surface area (Å²) in [6, 6.07) is 7.26. The van der Waals surface area contributed by atoms with E-state index >= 15 is 0 Å². The number of nitrogens with zero attached hydrogens (tertiary/aromatic N) is 2. The maximum absolute atomic E-state index is 12.9. The van der Waals surface area contributed by atoms with Gasteiger partial charge in [-0.2, -0.15) is 0 Å². The van der Waals surface area contributed by atoms with Gasteiger partial charge in [0.05, 0.1) is 28.2 Å². The summed E-state index contributed by atoms with van der Waals surface area (Å²) in [5.74, 6) is -0.306. The van der Waals surface area contributed by atoms with Crippen molar-refractivity contribution in [3.05, 3.63) is 41.0 Å². The van der Waals surface area contributed by atoms with E-state index in [0.29, 0.717) is 6.42 Å². The van der Waals surface area contributed by atoms with Gasteiger partial charge in [-0.25, -0.2) is 4.98 Å². The van der Waals surface area contributed by atoms with Crippen molar-refractivity contribution in [3.8, 4) is 10.4 Å². The number of aliphatic hydroxyl groups is 1. The van der Waals surface area contributed by atoms with Gasteiger partial charge in [0.1, 0.15) is 6.04 Å². The molecule has 7 heteroatoms. The molecule has 1 saturated heterocycles. The number of β-amino-alcohol motifs (C(OH)–C–C–N with tert-alkyl or cyclic N) is 1. The molecule has 1 aromatic carbocycles. The number of thiazole rings is 1. The van der Waals surface area contributed by atoms with E-state index < -0.39 is 12.1 Å². The smallest absolute Gasteiger partial charge is 0.243 e. The number of likely N-dealkylation sites (tertiary alicyclic amines) is 1. The lowest BCUT2D eigenvalue weighted by molar-refractivity contribution is -0.140. The fourth-order valence-corrected chi connectivity index (χ4v) is 4.60. The van der Waals surface area contributed by atoms with Crippen LogP contribution in [0.15, 0.2) is 29.8 Å². The second-order valence-corrected chi connectivity index (χ2v) is 10.2. The molecule has 0 radical (unpaired) electrons. The molecule has 2 N–H and O–H groups in total. The molecule has 30 heavy (non-hydrogen) atoms. The first-order valence-corrected chi connectivity index (χ1v) is 11.2. The van der Waals surface area contributed by atoms with E-state index in [2.05, 4.69) is 10.3 Å². The highest BCUT2D eigenvalue weighted by Crippen LogP contribution is 2.29. The Bertz CT molecular complexity index is 901. The van der Waals surface area contributed by atoms with E-state index in [-0.39, 0.29) is 36.2 Å². The van der Waals surface area contributed by atoms with Gasteiger partial charge in [0, 0.05) is 19.4 Å². The van der Waals surface area contributed by atoms with Crippen LogP contribution in [0, 0.1) is 12.3 Å². The summed E-state index contributed by atoms with van der Waals surface area (Å²) in [7, 11) is 0. The molecular formula is C23H31N3O3S. The third-order valence-electron chi connectivity index (χ3n) is 5.36. The van der Waals surface area contributed by atoms with E-state index in [1.54, 1.807) is 11.3 Å². The number of aromatic nitrogens is 1. The van der Waals surface area contributed by atoms with Gasteiger partial charge in [0.15, 0.2) is 0 Å². The Hall–Kier alpha value is -2.25. The van der Waals surface area contributed by atoms with Gasteiger partial charge < -0.3 is 15.3 Å². The van der Waals surface area contributed by atoms with Crippen molar-refractivity contribution >= 4 is 23.2 Å². The normalized spacial score (nSPS) is 20.3. The van der Waals surface area contributed by atoms with Crippen LogP contribution < -0.4 is 5.32 Å². The molecule has 0 spiro atoms. The molecule has 1 aromatic heterocycles. The molecule has 2 heterocycles. The Morgan fingerprint density at radius 1 is 1.30 bits per heavy atom. The van der Waals surface area contributed by atoms with Crippen LogP contribution in [0.25, 0.3) is 10.4 Å². The number of carbonyl (C=O) groups excluding carboxylic acids is 2. The number of rotatable bonds is 5. The number of aliphatic hydroxyl groups excluding tert-OH is 1.